The summed E-state index contributed by atoms with van der Waals surface area (Å²) in [4.78, 5) is 13.1. The van der Waals surface area contributed by atoms with Gasteiger partial charge in [0.05, 0.1) is 0 Å². The standard InChI is InChI=1S/C44H80O2/c1-6-7-8-9-10-11-12-13-14-15-16-17-18-19-20-21-22-23-24-25-26-28-40(45)46-43(5)36-44-34-31-38-41(2,3)32-27-33-42(38,4)39(44)30-29-37(43)35-44/h37-39H,6-36H2,1-5H3/t37-,38-,39+,42-,43-,44+/m1/s1. The summed E-state index contributed by atoms with van der Waals surface area (Å²) in [6, 6.07) is 0. The van der Waals surface area contributed by atoms with Crippen LogP contribution in [0.1, 0.15) is 234 Å². The normalized spacial score (nSPS) is 33.0. The zero-order chi connectivity index (χ0) is 32.9. The fourth-order valence-corrected chi connectivity index (χ4v) is 12.2. The molecule has 2 nitrogen and oxygen atoms in total. The summed E-state index contributed by atoms with van der Waals surface area (Å²) in [6.07, 6.45) is 42.1. The van der Waals surface area contributed by atoms with E-state index in [0.29, 0.717) is 28.6 Å². The number of hydrogen-bond acceptors (Lipinski definition) is 2. The molecule has 0 saturated heterocycles. The lowest BCUT2D eigenvalue weighted by atomic mass is 9.41. The molecule has 0 aromatic heterocycles. The molecule has 4 aliphatic rings. The first-order chi connectivity index (χ1) is 22.2. The molecule has 4 rings (SSSR count). The maximum Gasteiger partial charge on any atom is 0.306 e. The Bertz CT molecular complexity index is 877. The fourth-order valence-electron chi connectivity index (χ4n) is 12.2. The van der Waals surface area contributed by atoms with Crippen LogP contribution in [0.15, 0.2) is 0 Å². The highest BCUT2D eigenvalue weighted by Crippen LogP contribution is 2.73. The molecule has 46 heavy (non-hydrogen) atoms. The predicted octanol–water partition coefficient (Wildman–Crippen LogP) is 14.3. The minimum Gasteiger partial charge on any atom is -0.459 e. The largest absolute Gasteiger partial charge is 0.459 e. The van der Waals surface area contributed by atoms with Crippen LogP contribution in [0.2, 0.25) is 0 Å². The first-order valence-corrected chi connectivity index (χ1v) is 21.4. The number of fused-ring (bicyclic) bond motifs is 3. The molecule has 6 atom stereocenters. The van der Waals surface area contributed by atoms with Crippen molar-refractivity contribution in [3.63, 3.8) is 0 Å². The Kier molecular flexibility index (Phi) is 15.4. The lowest BCUT2D eigenvalue weighted by Gasteiger charge is -2.63. The average molecular weight is 641 g/mol. The topological polar surface area (TPSA) is 26.3 Å². The molecule has 4 aliphatic carbocycles. The van der Waals surface area contributed by atoms with Crippen molar-refractivity contribution in [3.05, 3.63) is 0 Å². The number of carbonyl (C=O) groups excluding carboxylic acids is 1. The van der Waals surface area contributed by atoms with E-state index in [0.717, 1.165) is 24.7 Å². The maximum absolute atomic E-state index is 13.1. The third-order valence-electron chi connectivity index (χ3n) is 14.6. The Morgan fingerprint density at radius 1 is 0.587 bits per heavy atom. The maximum atomic E-state index is 13.1. The van der Waals surface area contributed by atoms with Crippen LogP contribution in [0.25, 0.3) is 0 Å². The highest BCUT2D eigenvalue weighted by atomic mass is 16.6. The first-order valence-electron chi connectivity index (χ1n) is 21.4. The quantitative estimate of drug-likeness (QED) is 0.0820. The summed E-state index contributed by atoms with van der Waals surface area (Å²) in [5.74, 6) is 2.40. The lowest BCUT2D eigenvalue weighted by molar-refractivity contribution is -0.163. The SMILES string of the molecule is CCCCCCCCCCCCCCCCCCCCCCCC(=O)O[C@]1(C)C[C@@]23CC[C@@H]4C(C)(C)CCC[C@@]4(C)[C@@H]2CC[C@@H]1C3. The lowest BCUT2D eigenvalue weighted by Crippen LogP contribution is -2.55. The van der Waals surface area contributed by atoms with Gasteiger partial charge >= 0.3 is 5.97 Å². The molecule has 268 valence electrons. The van der Waals surface area contributed by atoms with E-state index < -0.39 is 0 Å². The summed E-state index contributed by atoms with van der Waals surface area (Å²) >= 11 is 0. The van der Waals surface area contributed by atoms with Gasteiger partial charge in [-0.05, 0) is 98.7 Å². The summed E-state index contributed by atoms with van der Waals surface area (Å²) in [6.45, 7) is 12.4. The van der Waals surface area contributed by atoms with Crippen molar-refractivity contribution >= 4 is 5.97 Å². The second-order valence-corrected chi connectivity index (χ2v) is 18.6. The number of carbonyl (C=O) groups is 1. The van der Waals surface area contributed by atoms with E-state index in [9.17, 15) is 4.79 Å². The van der Waals surface area contributed by atoms with Crippen LogP contribution in [0.3, 0.4) is 0 Å². The Balaban J connectivity index is 0.981. The zero-order valence-electron chi connectivity index (χ0n) is 32.0. The second kappa shape index (κ2) is 18.5. The van der Waals surface area contributed by atoms with E-state index in [-0.39, 0.29) is 11.6 Å². The van der Waals surface area contributed by atoms with Gasteiger partial charge in [0.15, 0.2) is 0 Å². The van der Waals surface area contributed by atoms with E-state index in [1.165, 1.54) is 180 Å². The minimum atomic E-state index is -0.216. The third-order valence-corrected chi connectivity index (χ3v) is 14.6. The van der Waals surface area contributed by atoms with Gasteiger partial charge in [-0.3, -0.25) is 4.79 Å². The number of rotatable bonds is 23. The van der Waals surface area contributed by atoms with Crippen molar-refractivity contribution in [3.8, 4) is 0 Å². The first kappa shape index (κ1) is 38.3. The second-order valence-electron chi connectivity index (χ2n) is 18.6. The van der Waals surface area contributed by atoms with Crippen LogP contribution in [0.4, 0.5) is 0 Å². The molecule has 0 N–H and O–H groups in total. The Labute approximate surface area is 288 Å². The van der Waals surface area contributed by atoms with E-state index in [4.69, 9.17) is 4.74 Å². The summed E-state index contributed by atoms with van der Waals surface area (Å²) in [5, 5.41) is 0. The van der Waals surface area contributed by atoms with Gasteiger partial charge < -0.3 is 4.74 Å². The van der Waals surface area contributed by atoms with Gasteiger partial charge in [-0.25, -0.2) is 0 Å². The number of unbranched alkanes of at least 4 members (excludes halogenated alkanes) is 20. The number of ether oxygens (including phenoxy) is 1. The molecule has 0 aromatic rings. The van der Waals surface area contributed by atoms with Gasteiger partial charge in [-0.2, -0.15) is 0 Å². The van der Waals surface area contributed by atoms with Crippen molar-refractivity contribution in [1.82, 2.24) is 0 Å². The van der Waals surface area contributed by atoms with Crippen LogP contribution in [-0.2, 0) is 9.53 Å². The molecule has 0 unspecified atom stereocenters. The highest BCUT2D eigenvalue weighted by molar-refractivity contribution is 5.70. The summed E-state index contributed by atoms with van der Waals surface area (Å²) < 4.78 is 6.47. The fraction of sp³-hybridized carbons (Fsp3) is 0.977. The summed E-state index contributed by atoms with van der Waals surface area (Å²) in [5.41, 5.74) is 1.20. The van der Waals surface area contributed by atoms with E-state index in [2.05, 4.69) is 34.6 Å². The molecule has 0 radical (unpaired) electrons. The molecule has 4 saturated carbocycles. The monoisotopic (exact) mass is 641 g/mol. The van der Waals surface area contributed by atoms with E-state index in [1.54, 1.807) is 0 Å². The van der Waals surface area contributed by atoms with Crippen LogP contribution in [0, 0.1) is 34.0 Å². The van der Waals surface area contributed by atoms with Gasteiger partial charge in [0, 0.05) is 6.42 Å². The number of hydrogen-bond donors (Lipinski definition) is 0. The molecular formula is C44H80O2. The van der Waals surface area contributed by atoms with E-state index >= 15 is 0 Å². The van der Waals surface area contributed by atoms with Crippen molar-refractivity contribution in [2.45, 2.75) is 239 Å². The zero-order valence-corrected chi connectivity index (χ0v) is 32.0. The van der Waals surface area contributed by atoms with Gasteiger partial charge in [-0.1, -0.05) is 163 Å². The van der Waals surface area contributed by atoms with Crippen LogP contribution in [-0.4, -0.2) is 11.6 Å². The molecular weight excluding hydrogens is 560 g/mol. The van der Waals surface area contributed by atoms with Crippen molar-refractivity contribution < 1.29 is 9.53 Å². The number of esters is 1. The van der Waals surface area contributed by atoms with Gasteiger partial charge in [0.25, 0.3) is 0 Å². The average Bonchev–Trinajstić information content (AvgIpc) is 3.20. The molecule has 1 spiro atoms. The molecule has 0 aromatic carbocycles. The molecule has 0 heterocycles. The smallest absolute Gasteiger partial charge is 0.306 e. The van der Waals surface area contributed by atoms with Crippen molar-refractivity contribution in [2.24, 2.45) is 34.0 Å². The predicted molar refractivity (Wildman–Crippen MR) is 198 cm³/mol. The van der Waals surface area contributed by atoms with Crippen molar-refractivity contribution in [1.29, 1.82) is 0 Å². The van der Waals surface area contributed by atoms with E-state index in [1.807, 2.05) is 0 Å². The van der Waals surface area contributed by atoms with Gasteiger partial charge in [-0.15, -0.1) is 0 Å². The van der Waals surface area contributed by atoms with Crippen LogP contribution in [0.5, 0.6) is 0 Å². The minimum absolute atomic E-state index is 0.0968. The third kappa shape index (κ3) is 10.2. The summed E-state index contributed by atoms with van der Waals surface area (Å²) in [7, 11) is 0. The van der Waals surface area contributed by atoms with Crippen LogP contribution < -0.4 is 0 Å². The van der Waals surface area contributed by atoms with Crippen LogP contribution >= 0.6 is 0 Å². The highest BCUT2D eigenvalue weighted by Gasteiger charge is 2.67. The molecule has 2 heteroatoms. The molecule has 2 bridgehead atoms. The van der Waals surface area contributed by atoms with Gasteiger partial charge in [0.2, 0.25) is 0 Å². The van der Waals surface area contributed by atoms with Crippen molar-refractivity contribution in [2.75, 3.05) is 0 Å². The Morgan fingerprint density at radius 3 is 1.61 bits per heavy atom. The Hall–Kier alpha value is -0.530. The molecule has 0 amide bonds. The molecule has 0 aliphatic heterocycles. The Morgan fingerprint density at radius 2 is 1.09 bits per heavy atom. The molecule has 4 fully saturated rings. The van der Waals surface area contributed by atoms with Gasteiger partial charge in [0.1, 0.15) is 5.60 Å².